The Labute approximate surface area is 123 Å². The molecule has 1 fully saturated rings. The average molecular weight is 286 g/mol. The largest absolute Gasteiger partial charge is 0.497 e. The number of methoxy groups -OCH3 is 1. The van der Waals surface area contributed by atoms with Crippen LogP contribution >= 0.6 is 0 Å². The van der Waals surface area contributed by atoms with E-state index in [1.807, 2.05) is 22.8 Å². The second kappa shape index (κ2) is 6.12. The molecule has 0 radical (unpaired) electrons. The lowest BCUT2D eigenvalue weighted by atomic mass is 10.3. The molecular formula is C15H18N4O2. The molecular weight excluding hydrogens is 268 g/mol. The molecule has 0 spiro atoms. The number of fused-ring (bicyclic) bond motifs is 1. The first-order chi connectivity index (χ1) is 10.3. The van der Waals surface area contributed by atoms with Crippen LogP contribution in [0.3, 0.4) is 0 Å². The van der Waals surface area contributed by atoms with Gasteiger partial charge < -0.3 is 14.0 Å². The van der Waals surface area contributed by atoms with E-state index in [9.17, 15) is 0 Å². The third-order valence-corrected chi connectivity index (χ3v) is 3.73. The highest BCUT2D eigenvalue weighted by Gasteiger charge is 2.16. The standard InChI is InChI=1S/C15H18N4O2/c1-20-12-2-3-14-13(10-12)17-15(19(14)5-4-16)11-18-6-8-21-9-7-18/h2-3,10H,5-9,11H2,1H3. The van der Waals surface area contributed by atoms with Gasteiger partial charge in [-0.15, -0.1) is 0 Å². The van der Waals surface area contributed by atoms with Gasteiger partial charge in [0.05, 0.1) is 44.0 Å². The van der Waals surface area contributed by atoms with Gasteiger partial charge in [-0.2, -0.15) is 5.26 Å². The molecule has 2 heterocycles. The van der Waals surface area contributed by atoms with Gasteiger partial charge in [0.15, 0.2) is 0 Å². The molecule has 0 unspecified atom stereocenters. The minimum atomic E-state index is 0.308. The zero-order chi connectivity index (χ0) is 14.7. The maximum atomic E-state index is 9.07. The Balaban J connectivity index is 1.95. The summed E-state index contributed by atoms with van der Waals surface area (Å²) in [5.41, 5.74) is 1.84. The molecule has 21 heavy (non-hydrogen) atoms. The van der Waals surface area contributed by atoms with Crippen molar-refractivity contribution in [1.29, 1.82) is 5.26 Å². The number of hydrogen-bond donors (Lipinski definition) is 0. The summed E-state index contributed by atoms with van der Waals surface area (Å²) in [4.78, 5) is 6.98. The van der Waals surface area contributed by atoms with E-state index in [1.54, 1.807) is 7.11 Å². The second-order valence-corrected chi connectivity index (χ2v) is 5.02. The molecule has 6 nitrogen and oxygen atoms in total. The van der Waals surface area contributed by atoms with Gasteiger partial charge in [0.25, 0.3) is 0 Å². The van der Waals surface area contributed by atoms with E-state index < -0.39 is 0 Å². The maximum Gasteiger partial charge on any atom is 0.125 e. The number of benzene rings is 1. The molecule has 1 aliphatic rings. The van der Waals surface area contributed by atoms with E-state index in [-0.39, 0.29) is 0 Å². The molecule has 0 aliphatic carbocycles. The summed E-state index contributed by atoms with van der Waals surface area (Å²) in [5.74, 6) is 1.70. The monoisotopic (exact) mass is 286 g/mol. The Morgan fingerprint density at radius 3 is 2.90 bits per heavy atom. The van der Waals surface area contributed by atoms with Crippen molar-refractivity contribution in [1.82, 2.24) is 14.5 Å². The normalized spacial score (nSPS) is 16.0. The number of nitriles is 1. The summed E-state index contributed by atoms with van der Waals surface area (Å²) in [5, 5.41) is 9.07. The molecule has 1 aromatic heterocycles. The highest BCUT2D eigenvalue weighted by molar-refractivity contribution is 5.78. The lowest BCUT2D eigenvalue weighted by Gasteiger charge is -2.26. The molecule has 1 aliphatic heterocycles. The van der Waals surface area contributed by atoms with Crippen molar-refractivity contribution in [3.8, 4) is 11.8 Å². The number of morpholine rings is 1. The Morgan fingerprint density at radius 1 is 1.38 bits per heavy atom. The van der Waals surface area contributed by atoms with Crippen molar-refractivity contribution in [2.75, 3.05) is 33.4 Å². The van der Waals surface area contributed by atoms with Gasteiger partial charge in [-0.3, -0.25) is 4.90 Å². The van der Waals surface area contributed by atoms with Gasteiger partial charge in [0.2, 0.25) is 0 Å². The van der Waals surface area contributed by atoms with Crippen molar-refractivity contribution in [3.63, 3.8) is 0 Å². The quantitative estimate of drug-likeness (QED) is 0.850. The van der Waals surface area contributed by atoms with Crippen LogP contribution < -0.4 is 4.74 Å². The predicted octanol–water partition coefficient (Wildman–Crippen LogP) is 1.40. The minimum Gasteiger partial charge on any atom is -0.497 e. The first-order valence-corrected chi connectivity index (χ1v) is 7.02. The molecule has 110 valence electrons. The number of rotatable bonds is 4. The fourth-order valence-electron chi connectivity index (χ4n) is 2.61. The first-order valence-electron chi connectivity index (χ1n) is 7.02. The third kappa shape index (κ3) is 2.84. The Kier molecular flexibility index (Phi) is 4.04. The fourth-order valence-corrected chi connectivity index (χ4v) is 2.61. The summed E-state index contributed by atoms with van der Waals surface area (Å²) < 4.78 is 12.6. The third-order valence-electron chi connectivity index (χ3n) is 3.73. The van der Waals surface area contributed by atoms with E-state index in [0.29, 0.717) is 6.54 Å². The summed E-state index contributed by atoms with van der Waals surface area (Å²) in [6.45, 7) is 4.36. The fraction of sp³-hybridized carbons (Fsp3) is 0.467. The Hall–Kier alpha value is -2.10. The van der Waals surface area contributed by atoms with Crippen LogP contribution in [0.2, 0.25) is 0 Å². The zero-order valence-electron chi connectivity index (χ0n) is 12.1. The molecule has 6 heteroatoms. The smallest absolute Gasteiger partial charge is 0.125 e. The van der Waals surface area contributed by atoms with Crippen LogP contribution in [-0.2, 0) is 17.8 Å². The maximum absolute atomic E-state index is 9.07. The van der Waals surface area contributed by atoms with Crippen molar-refractivity contribution in [2.24, 2.45) is 0 Å². The number of nitrogens with zero attached hydrogens (tertiary/aromatic N) is 4. The topological polar surface area (TPSA) is 63.3 Å². The van der Waals surface area contributed by atoms with Gasteiger partial charge in [0, 0.05) is 19.2 Å². The van der Waals surface area contributed by atoms with Crippen molar-refractivity contribution < 1.29 is 9.47 Å². The molecule has 1 saturated heterocycles. The lowest BCUT2D eigenvalue weighted by molar-refractivity contribution is 0.0327. The number of imidazole rings is 1. The molecule has 1 aromatic carbocycles. The molecule has 0 atom stereocenters. The average Bonchev–Trinajstić information content (AvgIpc) is 2.85. The van der Waals surface area contributed by atoms with Crippen LogP contribution in [0.4, 0.5) is 0 Å². The van der Waals surface area contributed by atoms with E-state index in [1.165, 1.54) is 0 Å². The summed E-state index contributed by atoms with van der Waals surface area (Å²) in [6, 6.07) is 7.98. The molecule has 0 bridgehead atoms. The Morgan fingerprint density at radius 2 is 2.19 bits per heavy atom. The van der Waals surface area contributed by atoms with E-state index in [0.717, 1.165) is 55.5 Å². The van der Waals surface area contributed by atoms with E-state index in [4.69, 9.17) is 14.7 Å². The number of aromatic nitrogens is 2. The molecule has 2 aromatic rings. The van der Waals surface area contributed by atoms with Gasteiger partial charge in [-0.25, -0.2) is 4.98 Å². The highest BCUT2D eigenvalue weighted by atomic mass is 16.5. The van der Waals surface area contributed by atoms with Crippen molar-refractivity contribution in [3.05, 3.63) is 24.0 Å². The number of hydrogen-bond acceptors (Lipinski definition) is 5. The van der Waals surface area contributed by atoms with Crippen LogP contribution in [0.25, 0.3) is 11.0 Å². The van der Waals surface area contributed by atoms with Crippen molar-refractivity contribution >= 4 is 11.0 Å². The number of ether oxygens (including phenoxy) is 2. The second-order valence-electron chi connectivity index (χ2n) is 5.02. The predicted molar refractivity (Wildman–Crippen MR) is 78.0 cm³/mol. The summed E-state index contributed by atoms with van der Waals surface area (Å²) in [6.07, 6.45) is 0. The molecule has 0 saturated carbocycles. The minimum absolute atomic E-state index is 0.308. The van der Waals surface area contributed by atoms with Crippen LogP contribution in [-0.4, -0.2) is 47.9 Å². The summed E-state index contributed by atoms with van der Waals surface area (Å²) >= 11 is 0. The molecule has 3 rings (SSSR count). The molecule has 0 N–H and O–H groups in total. The lowest BCUT2D eigenvalue weighted by Crippen LogP contribution is -2.36. The van der Waals surface area contributed by atoms with Gasteiger partial charge in [-0.1, -0.05) is 0 Å². The van der Waals surface area contributed by atoms with Gasteiger partial charge in [-0.05, 0) is 12.1 Å². The van der Waals surface area contributed by atoms with Crippen molar-refractivity contribution in [2.45, 2.75) is 13.1 Å². The SMILES string of the molecule is COc1ccc2c(c1)nc(CN1CCOCC1)n2CC#N. The van der Waals surface area contributed by atoms with E-state index in [2.05, 4.69) is 16.0 Å². The molecule has 0 amide bonds. The van der Waals surface area contributed by atoms with Crippen LogP contribution in [0.1, 0.15) is 5.82 Å². The van der Waals surface area contributed by atoms with Crippen LogP contribution in [0.15, 0.2) is 18.2 Å². The van der Waals surface area contributed by atoms with Gasteiger partial charge in [0.1, 0.15) is 18.1 Å². The summed E-state index contributed by atoms with van der Waals surface area (Å²) in [7, 11) is 1.64. The zero-order valence-corrected chi connectivity index (χ0v) is 12.1. The van der Waals surface area contributed by atoms with Crippen LogP contribution in [0.5, 0.6) is 5.75 Å². The highest BCUT2D eigenvalue weighted by Crippen LogP contribution is 2.22. The van der Waals surface area contributed by atoms with Gasteiger partial charge >= 0.3 is 0 Å². The first kappa shape index (κ1) is 13.9. The van der Waals surface area contributed by atoms with Crippen LogP contribution in [0, 0.1) is 11.3 Å². The van der Waals surface area contributed by atoms with E-state index >= 15 is 0 Å². The Bertz CT molecular complexity index is 668.